The molecule has 5 nitrogen and oxygen atoms in total. The molecule has 0 aromatic heterocycles. The lowest BCUT2D eigenvalue weighted by Gasteiger charge is -2.58. The summed E-state index contributed by atoms with van der Waals surface area (Å²) in [6, 6.07) is 4.84. The Labute approximate surface area is 196 Å². The van der Waals surface area contributed by atoms with Crippen molar-refractivity contribution in [2.75, 3.05) is 7.11 Å². The van der Waals surface area contributed by atoms with Crippen LogP contribution in [-0.4, -0.2) is 29.8 Å². The average molecular weight is 486 g/mol. The van der Waals surface area contributed by atoms with Crippen molar-refractivity contribution >= 4 is 23.9 Å². The Morgan fingerprint density at radius 1 is 1.09 bits per heavy atom. The number of methoxy groups -OCH3 is 1. The van der Waals surface area contributed by atoms with E-state index in [1.165, 1.54) is 19.2 Å². The summed E-state index contributed by atoms with van der Waals surface area (Å²) in [7, 11) is 1.45. The van der Waals surface area contributed by atoms with Gasteiger partial charge in [-0.15, -0.1) is 0 Å². The molecule has 4 fully saturated rings. The Hall–Kier alpha value is -1.74. The largest absolute Gasteiger partial charge is 0.469 e. The number of carbonyl (C=O) groups is 2. The first-order chi connectivity index (χ1) is 15.4. The van der Waals surface area contributed by atoms with Gasteiger partial charge >= 0.3 is 12.1 Å². The van der Waals surface area contributed by atoms with Gasteiger partial charge in [-0.1, -0.05) is 12.1 Å². The van der Waals surface area contributed by atoms with Crippen LogP contribution >= 0.6 is 12.0 Å². The van der Waals surface area contributed by atoms with E-state index in [9.17, 15) is 22.8 Å². The molecule has 4 aliphatic carbocycles. The molecule has 33 heavy (non-hydrogen) atoms. The minimum atomic E-state index is -4.37. The molecule has 4 aliphatic rings. The van der Waals surface area contributed by atoms with E-state index in [1.807, 2.05) is 0 Å². The van der Waals surface area contributed by atoms with Crippen LogP contribution in [0.25, 0.3) is 0 Å². The number of halogens is 3. The van der Waals surface area contributed by atoms with Crippen LogP contribution in [-0.2, 0) is 31.3 Å². The van der Waals surface area contributed by atoms with Crippen LogP contribution in [0.2, 0.25) is 0 Å². The summed E-state index contributed by atoms with van der Waals surface area (Å²) in [5.74, 6) is 0.814. The van der Waals surface area contributed by atoms with Crippen molar-refractivity contribution in [3.63, 3.8) is 0 Å². The Morgan fingerprint density at radius 3 is 2.24 bits per heavy atom. The Kier molecular flexibility index (Phi) is 6.50. The van der Waals surface area contributed by atoms with Crippen LogP contribution in [0.15, 0.2) is 24.3 Å². The number of hydrogen-bond acceptors (Lipinski definition) is 5. The van der Waals surface area contributed by atoms with Crippen molar-refractivity contribution in [3.05, 3.63) is 35.4 Å². The predicted octanol–water partition coefficient (Wildman–Crippen LogP) is 5.13. The molecule has 4 saturated carbocycles. The van der Waals surface area contributed by atoms with Gasteiger partial charge in [0.1, 0.15) is 4.75 Å². The highest BCUT2D eigenvalue weighted by atomic mass is 32.2. The number of nitrogens with one attached hydrogen (secondary N) is 1. The van der Waals surface area contributed by atoms with Gasteiger partial charge < -0.3 is 14.2 Å². The maximum atomic E-state index is 13.1. The number of esters is 1. The number of benzene rings is 1. The molecular weight excluding hydrogens is 455 g/mol. The lowest BCUT2D eigenvalue weighted by Crippen LogP contribution is -2.62. The van der Waals surface area contributed by atoms with Gasteiger partial charge in [-0.3, -0.25) is 9.59 Å². The lowest BCUT2D eigenvalue weighted by molar-refractivity contribution is -0.171. The Morgan fingerprint density at radius 2 is 1.70 bits per heavy atom. The zero-order chi connectivity index (χ0) is 24.0. The van der Waals surface area contributed by atoms with E-state index in [4.69, 9.17) is 8.92 Å². The molecule has 1 amide bonds. The Balaban J connectivity index is 1.31. The van der Waals surface area contributed by atoms with E-state index >= 15 is 0 Å². The molecule has 2 unspecified atom stereocenters. The maximum absolute atomic E-state index is 13.1. The second-order valence-electron chi connectivity index (χ2n) is 10.3. The first kappa shape index (κ1) is 24.4. The highest BCUT2D eigenvalue weighted by molar-refractivity contribution is 7.96. The SMILES string of the molecule is COC(=O)C12CC3CC(C1)C(NC(=O)C(C)(C)SOCc1ccc(C(F)(F)F)cc1)C(C3)C2. The first-order valence-electron chi connectivity index (χ1n) is 11.3. The zero-order valence-corrected chi connectivity index (χ0v) is 19.9. The fourth-order valence-corrected chi connectivity index (χ4v) is 6.75. The van der Waals surface area contributed by atoms with Crippen LogP contribution in [0, 0.1) is 23.2 Å². The third-order valence-corrected chi connectivity index (χ3v) is 8.35. The molecule has 5 rings (SSSR count). The number of carbonyl (C=O) groups excluding carboxylic acids is 2. The summed E-state index contributed by atoms with van der Waals surface area (Å²) in [6.07, 6.45) is 0.0940. The molecule has 9 heteroatoms. The summed E-state index contributed by atoms with van der Waals surface area (Å²) < 4.78 is 47.9. The van der Waals surface area contributed by atoms with Crippen molar-refractivity contribution in [1.29, 1.82) is 0 Å². The molecule has 0 spiro atoms. The lowest BCUT2D eigenvalue weighted by atomic mass is 9.48. The third-order valence-electron chi connectivity index (χ3n) is 7.51. The average Bonchev–Trinajstić information content (AvgIpc) is 2.74. The van der Waals surface area contributed by atoms with Gasteiger partial charge in [0, 0.05) is 18.1 Å². The molecule has 182 valence electrons. The van der Waals surface area contributed by atoms with Gasteiger partial charge in [0.05, 0.1) is 24.7 Å². The van der Waals surface area contributed by atoms with E-state index in [0.29, 0.717) is 11.5 Å². The van der Waals surface area contributed by atoms with Crippen LogP contribution < -0.4 is 5.32 Å². The molecule has 0 heterocycles. The number of amides is 1. The number of alkyl halides is 3. The molecule has 0 aliphatic heterocycles. The number of ether oxygens (including phenoxy) is 1. The molecule has 0 saturated heterocycles. The van der Waals surface area contributed by atoms with Crippen molar-refractivity contribution in [3.8, 4) is 0 Å². The minimum absolute atomic E-state index is 0.0432. The van der Waals surface area contributed by atoms with Gasteiger partial charge in [-0.05, 0) is 81.4 Å². The summed E-state index contributed by atoms with van der Waals surface area (Å²) in [5, 5.41) is 3.23. The van der Waals surface area contributed by atoms with E-state index in [-0.39, 0.29) is 41.8 Å². The zero-order valence-electron chi connectivity index (χ0n) is 19.0. The van der Waals surface area contributed by atoms with Crippen LogP contribution in [0.3, 0.4) is 0 Å². The van der Waals surface area contributed by atoms with Crippen LogP contribution in [0.5, 0.6) is 0 Å². The second kappa shape index (κ2) is 8.80. The fourth-order valence-electron chi connectivity index (χ4n) is 6.12. The molecule has 1 aromatic carbocycles. The first-order valence-corrected chi connectivity index (χ1v) is 12.0. The second-order valence-corrected chi connectivity index (χ2v) is 11.7. The standard InChI is InChI=1S/C24H30F3NO4S/c1-22(2,33-32-13-14-4-6-18(7-5-14)24(25,26)27)20(29)28-19-16-8-15-9-17(19)12-23(10-15,11-16)21(30)31-3/h4-7,15-17,19H,8-13H2,1-3H3,(H,28,29). The van der Waals surface area contributed by atoms with Gasteiger partial charge in [0.25, 0.3) is 0 Å². The van der Waals surface area contributed by atoms with Crippen molar-refractivity contribution in [1.82, 2.24) is 5.32 Å². The van der Waals surface area contributed by atoms with Gasteiger partial charge in [0.2, 0.25) is 5.91 Å². The van der Waals surface area contributed by atoms with Gasteiger partial charge in [0.15, 0.2) is 0 Å². The van der Waals surface area contributed by atoms with E-state index < -0.39 is 16.5 Å². The van der Waals surface area contributed by atoms with Crippen LogP contribution in [0.1, 0.15) is 57.1 Å². The summed E-state index contributed by atoms with van der Waals surface area (Å²) in [5.41, 5.74) is -0.495. The minimum Gasteiger partial charge on any atom is -0.469 e. The van der Waals surface area contributed by atoms with Crippen LogP contribution in [0.4, 0.5) is 13.2 Å². The maximum Gasteiger partial charge on any atom is 0.416 e. The fraction of sp³-hybridized carbons (Fsp3) is 0.667. The topological polar surface area (TPSA) is 64.6 Å². The molecule has 0 radical (unpaired) electrons. The molecule has 1 aromatic rings. The molecule has 4 bridgehead atoms. The number of rotatable bonds is 7. The predicted molar refractivity (Wildman–Crippen MR) is 118 cm³/mol. The van der Waals surface area contributed by atoms with E-state index in [0.717, 1.165) is 56.3 Å². The van der Waals surface area contributed by atoms with Crippen molar-refractivity contribution in [2.45, 2.75) is 69.5 Å². The summed E-state index contributed by atoms with van der Waals surface area (Å²) in [6.45, 7) is 3.63. The third kappa shape index (κ3) is 4.90. The van der Waals surface area contributed by atoms with Gasteiger partial charge in [-0.2, -0.15) is 13.2 Å². The smallest absolute Gasteiger partial charge is 0.416 e. The van der Waals surface area contributed by atoms with Gasteiger partial charge in [-0.25, -0.2) is 0 Å². The monoisotopic (exact) mass is 485 g/mol. The highest BCUT2D eigenvalue weighted by Crippen LogP contribution is 2.60. The number of hydrogen-bond donors (Lipinski definition) is 1. The van der Waals surface area contributed by atoms with E-state index in [2.05, 4.69) is 5.32 Å². The Bertz CT molecular complexity index is 886. The molecular formula is C24H30F3NO4S. The quantitative estimate of drug-likeness (QED) is 0.428. The molecule has 2 atom stereocenters. The van der Waals surface area contributed by atoms with E-state index in [1.54, 1.807) is 13.8 Å². The van der Waals surface area contributed by atoms with Crippen molar-refractivity contribution in [2.24, 2.45) is 23.2 Å². The normalized spacial score (nSPS) is 30.8. The summed E-state index contributed by atoms with van der Waals surface area (Å²) in [4.78, 5) is 25.6. The van der Waals surface area contributed by atoms with Crippen molar-refractivity contribution < 1.29 is 31.7 Å². The highest BCUT2D eigenvalue weighted by Gasteiger charge is 2.59. The molecule has 1 N–H and O–H groups in total. The summed E-state index contributed by atoms with van der Waals surface area (Å²) >= 11 is 1.02.